The van der Waals surface area contributed by atoms with Gasteiger partial charge in [-0.25, -0.2) is 9.50 Å². The van der Waals surface area contributed by atoms with Gasteiger partial charge in [0.15, 0.2) is 5.65 Å². The molecule has 3 aromatic heterocycles. The van der Waals surface area contributed by atoms with Crippen molar-refractivity contribution in [2.75, 3.05) is 13.1 Å². The smallest absolute Gasteiger partial charge is 0.276 e. The van der Waals surface area contributed by atoms with Crippen LogP contribution < -0.4 is 5.56 Å². The van der Waals surface area contributed by atoms with Gasteiger partial charge in [0.1, 0.15) is 0 Å². The number of aryl methyl sites for hydroxylation is 2. The van der Waals surface area contributed by atoms with Crippen LogP contribution in [0.2, 0.25) is 0 Å². The Morgan fingerprint density at radius 3 is 2.96 bits per heavy atom. The van der Waals surface area contributed by atoms with Crippen molar-refractivity contribution in [3.63, 3.8) is 0 Å². The molecule has 1 aliphatic rings. The van der Waals surface area contributed by atoms with Gasteiger partial charge in [0, 0.05) is 54.4 Å². The maximum Gasteiger partial charge on any atom is 0.276 e. The van der Waals surface area contributed by atoms with E-state index >= 15 is 0 Å². The summed E-state index contributed by atoms with van der Waals surface area (Å²) in [7, 11) is 0. The maximum absolute atomic E-state index is 12.6. The van der Waals surface area contributed by atoms with Crippen molar-refractivity contribution in [3.8, 4) is 0 Å². The first-order valence-electron chi connectivity index (χ1n) is 9.29. The third-order valence-corrected chi connectivity index (χ3v) is 5.53. The highest BCUT2D eigenvalue weighted by molar-refractivity contribution is 5.42. The number of aromatic amines is 1. The highest BCUT2D eigenvalue weighted by atomic mass is 16.1. The third kappa shape index (κ3) is 2.94. The number of hydrogen-bond donors (Lipinski definition) is 1. The summed E-state index contributed by atoms with van der Waals surface area (Å²) in [6, 6.07) is 4.14. The molecule has 0 amide bonds. The van der Waals surface area contributed by atoms with Gasteiger partial charge in [-0.05, 0) is 50.4 Å². The zero-order valence-corrected chi connectivity index (χ0v) is 15.6. The SMILES string of the molecule is CCc1c(C)nc2cc(C3CCN(Cc4ccncc4C)C3)[nH]n2c1=O. The molecule has 0 radical (unpaired) electrons. The van der Waals surface area contributed by atoms with Crippen molar-refractivity contribution in [2.45, 2.75) is 46.1 Å². The number of hydrogen-bond acceptors (Lipinski definition) is 4. The summed E-state index contributed by atoms with van der Waals surface area (Å²) in [6.45, 7) is 9.02. The van der Waals surface area contributed by atoms with Crippen molar-refractivity contribution in [1.82, 2.24) is 24.5 Å². The summed E-state index contributed by atoms with van der Waals surface area (Å²) in [5.74, 6) is 0.406. The highest BCUT2D eigenvalue weighted by Crippen LogP contribution is 2.28. The Kier molecular flexibility index (Phi) is 4.36. The zero-order valence-electron chi connectivity index (χ0n) is 15.6. The second-order valence-corrected chi connectivity index (χ2v) is 7.26. The summed E-state index contributed by atoms with van der Waals surface area (Å²) < 4.78 is 1.61. The first-order valence-corrected chi connectivity index (χ1v) is 9.29. The molecule has 26 heavy (non-hydrogen) atoms. The number of nitrogens with one attached hydrogen (secondary N) is 1. The van der Waals surface area contributed by atoms with Crippen molar-refractivity contribution < 1.29 is 0 Å². The van der Waals surface area contributed by atoms with Crippen LogP contribution in [-0.2, 0) is 13.0 Å². The number of nitrogens with zero attached hydrogens (tertiary/aromatic N) is 4. The van der Waals surface area contributed by atoms with E-state index in [9.17, 15) is 4.79 Å². The van der Waals surface area contributed by atoms with Gasteiger partial charge in [-0.3, -0.25) is 19.8 Å². The van der Waals surface area contributed by atoms with Crippen molar-refractivity contribution in [3.05, 3.63) is 63.0 Å². The molecule has 0 bridgehead atoms. The van der Waals surface area contributed by atoms with Crippen LogP contribution in [0.4, 0.5) is 0 Å². The average molecular weight is 351 g/mol. The van der Waals surface area contributed by atoms with Gasteiger partial charge in [0.2, 0.25) is 0 Å². The predicted molar refractivity (Wildman–Crippen MR) is 102 cm³/mol. The van der Waals surface area contributed by atoms with Gasteiger partial charge in [0.25, 0.3) is 5.56 Å². The van der Waals surface area contributed by atoms with E-state index in [1.54, 1.807) is 4.52 Å². The van der Waals surface area contributed by atoms with Gasteiger partial charge in [-0.15, -0.1) is 0 Å². The number of rotatable bonds is 4. The number of fused-ring (bicyclic) bond motifs is 1. The molecule has 1 unspecified atom stereocenters. The highest BCUT2D eigenvalue weighted by Gasteiger charge is 2.26. The minimum absolute atomic E-state index is 0.0310. The fraction of sp³-hybridized carbons (Fsp3) is 0.450. The van der Waals surface area contributed by atoms with Crippen LogP contribution in [0.3, 0.4) is 0 Å². The van der Waals surface area contributed by atoms with E-state index in [4.69, 9.17) is 0 Å². The summed E-state index contributed by atoms with van der Waals surface area (Å²) >= 11 is 0. The van der Waals surface area contributed by atoms with Crippen LogP contribution in [0, 0.1) is 13.8 Å². The van der Waals surface area contributed by atoms with Crippen molar-refractivity contribution in [1.29, 1.82) is 0 Å². The number of likely N-dealkylation sites (tertiary alicyclic amines) is 1. The number of H-pyrrole nitrogens is 1. The van der Waals surface area contributed by atoms with Crippen molar-refractivity contribution in [2.24, 2.45) is 0 Å². The van der Waals surface area contributed by atoms with Crippen LogP contribution in [0.5, 0.6) is 0 Å². The molecular formula is C20H25N5O. The summed E-state index contributed by atoms with van der Waals surface area (Å²) in [4.78, 5) is 23.9. The topological polar surface area (TPSA) is 66.3 Å². The first-order chi connectivity index (χ1) is 12.6. The zero-order chi connectivity index (χ0) is 18.3. The standard InChI is InChI=1S/C20H25N5O/c1-4-17-14(3)22-19-9-18(23-25(19)20(17)26)16-6-8-24(12-16)11-15-5-7-21-10-13(15)2/h5,7,9-10,16,23H,4,6,8,11-12H2,1-3H3. The lowest BCUT2D eigenvalue weighted by atomic mass is 10.1. The van der Waals surface area contributed by atoms with E-state index in [1.165, 1.54) is 11.1 Å². The fourth-order valence-corrected chi connectivity index (χ4v) is 3.96. The van der Waals surface area contributed by atoms with E-state index in [-0.39, 0.29) is 5.56 Å². The van der Waals surface area contributed by atoms with Crippen LogP contribution >= 0.6 is 0 Å². The normalized spacial score (nSPS) is 18.0. The average Bonchev–Trinajstić information content (AvgIpc) is 3.24. The van der Waals surface area contributed by atoms with E-state index in [0.717, 1.165) is 48.7 Å². The molecule has 0 aliphatic carbocycles. The summed E-state index contributed by atoms with van der Waals surface area (Å²) in [5, 5.41) is 3.31. The van der Waals surface area contributed by atoms with Gasteiger partial charge in [-0.1, -0.05) is 6.92 Å². The van der Waals surface area contributed by atoms with Crippen LogP contribution in [-0.4, -0.2) is 37.6 Å². The molecule has 4 heterocycles. The second kappa shape index (κ2) is 6.68. The minimum Gasteiger partial charge on any atom is -0.298 e. The predicted octanol–water partition coefficient (Wildman–Crippen LogP) is 2.59. The van der Waals surface area contributed by atoms with Gasteiger partial charge in [-0.2, -0.15) is 0 Å². The van der Waals surface area contributed by atoms with E-state index in [0.29, 0.717) is 12.3 Å². The molecule has 6 nitrogen and oxygen atoms in total. The lowest BCUT2D eigenvalue weighted by molar-refractivity contribution is 0.325. The summed E-state index contributed by atoms with van der Waals surface area (Å²) in [5.41, 5.74) is 6.06. The Labute approximate surface area is 152 Å². The van der Waals surface area contributed by atoms with Crippen LogP contribution in [0.25, 0.3) is 5.65 Å². The Hall–Kier alpha value is -2.47. The molecule has 1 saturated heterocycles. The molecule has 1 fully saturated rings. The third-order valence-electron chi connectivity index (χ3n) is 5.53. The molecule has 0 spiro atoms. The molecule has 1 N–H and O–H groups in total. The maximum atomic E-state index is 12.6. The van der Waals surface area contributed by atoms with E-state index in [1.807, 2.05) is 32.3 Å². The molecule has 0 saturated carbocycles. The lowest BCUT2D eigenvalue weighted by Gasteiger charge is -2.16. The number of aromatic nitrogens is 4. The van der Waals surface area contributed by atoms with E-state index < -0.39 is 0 Å². The largest absolute Gasteiger partial charge is 0.298 e. The quantitative estimate of drug-likeness (QED) is 0.785. The number of pyridine rings is 1. The van der Waals surface area contributed by atoms with Gasteiger partial charge in [0.05, 0.1) is 0 Å². The Morgan fingerprint density at radius 2 is 2.19 bits per heavy atom. The lowest BCUT2D eigenvalue weighted by Crippen LogP contribution is -2.22. The molecule has 0 aromatic carbocycles. The second-order valence-electron chi connectivity index (χ2n) is 7.26. The van der Waals surface area contributed by atoms with Gasteiger partial charge >= 0.3 is 0 Å². The molecule has 1 atom stereocenters. The molecule has 3 aromatic rings. The first kappa shape index (κ1) is 17.0. The monoisotopic (exact) mass is 351 g/mol. The Balaban J connectivity index is 1.56. The summed E-state index contributed by atoms with van der Waals surface area (Å²) in [6.07, 6.45) is 5.58. The molecule has 4 rings (SSSR count). The minimum atomic E-state index is 0.0310. The van der Waals surface area contributed by atoms with Gasteiger partial charge < -0.3 is 0 Å². The van der Waals surface area contributed by atoms with Crippen LogP contribution in [0.15, 0.2) is 29.3 Å². The Bertz CT molecular complexity index is 1000. The fourth-order valence-electron chi connectivity index (χ4n) is 3.96. The van der Waals surface area contributed by atoms with Crippen molar-refractivity contribution >= 4 is 5.65 Å². The molecule has 136 valence electrons. The molecular weight excluding hydrogens is 326 g/mol. The molecule has 6 heteroatoms. The van der Waals surface area contributed by atoms with E-state index in [2.05, 4.69) is 33.0 Å². The molecule has 1 aliphatic heterocycles. The Morgan fingerprint density at radius 1 is 1.35 bits per heavy atom. The van der Waals surface area contributed by atoms with Crippen LogP contribution in [0.1, 0.15) is 47.3 Å².